The number of hydrogen-bond donors (Lipinski definition) is 2. The van der Waals surface area contributed by atoms with E-state index < -0.39 is 0 Å². The third kappa shape index (κ3) is 4.48. The molecule has 0 unspecified atom stereocenters. The van der Waals surface area contributed by atoms with Crippen molar-refractivity contribution < 1.29 is 9.59 Å². The third-order valence-electron chi connectivity index (χ3n) is 3.95. The first kappa shape index (κ1) is 16.3. The summed E-state index contributed by atoms with van der Waals surface area (Å²) >= 11 is 0. The van der Waals surface area contributed by atoms with Crippen LogP contribution in [0.4, 0.5) is 4.79 Å². The second-order valence-corrected chi connectivity index (χ2v) is 5.83. The fraction of sp³-hybridized carbons (Fsp3) is 0.529. The zero-order valence-corrected chi connectivity index (χ0v) is 13.4. The normalized spacial score (nSPS) is 15.5. The van der Waals surface area contributed by atoms with Gasteiger partial charge in [0.05, 0.1) is 0 Å². The summed E-state index contributed by atoms with van der Waals surface area (Å²) < 4.78 is 0. The van der Waals surface area contributed by atoms with Crippen LogP contribution in [0.15, 0.2) is 24.3 Å². The fourth-order valence-electron chi connectivity index (χ4n) is 2.58. The van der Waals surface area contributed by atoms with Crippen molar-refractivity contribution >= 4 is 11.9 Å². The van der Waals surface area contributed by atoms with E-state index in [1.807, 2.05) is 43.0 Å². The Bertz CT molecular complexity index is 505. The minimum absolute atomic E-state index is 0.0777. The van der Waals surface area contributed by atoms with Gasteiger partial charge < -0.3 is 15.5 Å². The minimum atomic E-state index is -0.106. The predicted molar refractivity (Wildman–Crippen MR) is 86.9 cm³/mol. The highest BCUT2D eigenvalue weighted by Crippen LogP contribution is 2.14. The van der Waals surface area contributed by atoms with Gasteiger partial charge in [-0.05, 0) is 38.3 Å². The van der Waals surface area contributed by atoms with Crippen LogP contribution >= 0.6 is 0 Å². The number of rotatable bonds is 4. The molecule has 5 nitrogen and oxygen atoms in total. The van der Waals surface area contributed by atoms with Crippen molar-refractivity contribution in [2.75, 3.05) is 19.6 Å². The van der Waals surface area contributed by atoms with Crippen molar-refractivity contribution in [2.24, 2.45) is 0 Å². The second kappa shape index (κ2) is 7.82. The highest BCUT2D eigenvalue weighted by Gasteiger charge is 2.24. The van der Waals surface area contributed by atoms with E-state index in [0.29, 0.717) is 19.6 Å². The molecule has 0 atom stereocenters. The van der Waals surface area contributed by atoms with Gasteiger partial charge >= 0.3 is 6.03 Å². The standard InChI is InChI=1S/C17H25N3O2/c1-3-10-18-17(22)19-15-8-11-20(12-9-15)16(21)14-6-4-13(2)5-7-14/h4-7,15H,3,8-12H2,1-2H3,(H2,18,19,22). The molecule has 5 heteroatoms. The van der Waals surface area contributed by atoms with Crippen LogP contribution in [0.25, 0.3) is 0 Å². The Hall–Kier alpha value is -2.04. The molecule has 120 valence electrons. The van der Waals surface area contributed by atoms with Crippen molar-refractivity contribution in [1.29, 1.82) is 0 Å². The zero-order valence-electron chi connectivity index (χ0n) is 13.4. The Labute approximate surface area is 132 Å². The van der Waals surface area contributed by atoms with Gasteiger partial charge in [0.25, 0.3) is 5.91 Å². The van der Waals surface area contributed by atoms with Crippen LogP contribution in [0.3, 0.4) is 0 Å². The highest BCUT2D eigenvalue weighted by atomic mass is 16.2. The van der Waals surface area contributed by atoms with Crippen molar-refractivity contribution in [1.82, 2.24) is 15.5 Å². The second-order valence-electron chi connectivity index (χ2n) is 5.83. The lowest BCUT2D eigenvalue weighted by molar-refractivity contribution is 0.0708. The number of benzene rings is 1. The molecule has 0 aliphatic carbocycles. The fourth-order valence-corrected chi connectivity index (χ4v) is 2.58. The monoisotopic (exact) mass is 303 g/mol. The molecular weight excluding hydrogens is 278 g/mol. The molecular formula is C17H25N3O2. The largest absolute Gasteiger partial charge is 0.338 e. The molecule has 0 spiro atoms. The molecule has 1 fully saturated rings. The van der Waals surface area contributed by atoms with Gasteiger partial charge in [0.15, 0.2) is 0 Å². The van der Waals surface area contributed by atoms with E-state index in [9.17, 15) is 9.59 Å². The molecule has 1 aliphatic heterocycles. The molecule has 0 saturated carbocycles. The molecule has 1 heterocycles. The number of urea groups is 1. The highest BCUT2D eigenvalue weighted by molar-refractivity contribution is 5.94. The number of nitrogens with one attached hydrogen (secondary N) is 2. The Morgan fingerprint density at radius 1 is 1.18 bits per heavy atom. The summed E-state index contributed by atoms with van der Waals surface area (Å²) in [5.41, 5.74) is 1.88. The molecule has 2 N–H and O–H groups in total. The van der Waals surface area contributed by atoms with Gasteiger partial charge in [-0.25, -0.2) is 4.79 Å². The molecule has 1 aromatic rings. The van der Waals surface area contributed by atoms with Crippen LogP contribution in [0.1, 0.15) is 42.1 Å². The Balaban J connectivity index is 1.80. The Morgan fingerprint density at radius 2 is 1.82 bits per heavy atom. The Kier molecular flexibility index (Phi) is 5.81. The summed E-state index contributed by atoms with van der Waals surface area (Å²) in [7, 11) is 0. The molecule has 0 aromatic heterocycles. The number of carbonyl (C=O) groups excluding carboxylic acids is 2. The van der Waals surface area contributed by atoms with Gasteiger partial charge in [0.1, 0.15) is 0 Å². The molecule has 0 bridgehead atoms. The van der Waals surface area contributed by atoms with E-state index in [1.165, 1.54) is 0 Å². The first-order chi connectivity index (χ1) is 10.6. The molecule has 22 heavy (non-hydrogen) atoms. The molecule has 3 amide bonds. The summed E-state index contributed by atoms with van der Waals surface area (Å²) in [5, 5.41) is 5.79. The maximum absolute atomic E-state index is 12.4. The lowest BCUT2D eigenvalue weighted by atomic mass is 10.0. The van der Waals surface area contributed by atoms with Gasteiger partial charge in [-0.2, -0.15) is 0 Å². The van der Waals surface area contributed by atoms with Gasteiger partial charge in [-0.3, -0.25) is 4.79 Å². The SMILES string of the molecule is CCCNC(=O)NC1CCN(C(=O)c2ccc(C)cc2)CC1. The number of amides is 3. The van der Waals surface area contributed by atoms with E-state index in [0.717, 1.165) is 30.4 Å². The number of carbonyl (C=O) groups is 2. The van der Waals surface area contributed by atoms with E-state index in [1.54, 1.807) is 0 Å². The van der Waals surface area contributed by atoms with Crippen LogP contribution in [0.5, 0.6) is 0 Å². The van der Waals surface area contributed by atoms with Crippen LogP contribution in [-0.4, -0.2) is 42.5 Å². The summed E-state index contributed by atoms with van der Waals surface area (Å²) in [6.07, 6.45) is 2.53. The van der Waals surface area contributed by atoms with Crippen LogP contribution in [0, 0.1) is 6.92 Å². The van der Waals surface area contributed by atoms with E-state index in [-0.39, 0.29) is 18.0 Å². The molecule has 0 radical (unpaired) electrons. The van der Waals surface area contributed by atoms with Crippen molar-refractivity contribution in [3.63, 3.8) is 0 Å². The maximum Gasteiger partial charge on any atom is 0.315 e. The number of likely N-dealkylation sites (tertiary alicyclic amines) is 1. The van der Waals surface area contributed by atoms with Crippen LogP contribution < -0.4 is 10.6 Å². The zero-order chi connectivity index (χ0) is 15.9. The average Bonchev–Trinajstić information content (AvgIpc) is 2.54. The van der Waals surface area contributed by atoms with Crippen molar-refractivity contribution in [2.45, 2.75) is 39.2 Å². The summed E-state index contributed by atoms with van der Waals surface area (Å²) in [6, 6.07) is 7.71. The van der Waals surface area contributed by atoms with E-state index in [2.05, 4.69) is 10.6 Å². The Morgan fingerprint density at radius 3 is 2.41 bits per heavy atom. The number of hydrogen-bond acceptors (Lipinski definition) is 2. The van der Waals surface area contributed by atoms with Crippen molar-refractivity contribution in [3.8, 4) is 0 Å². The lowest BCUT2D eigenvalue weighted by Gasteiger charge is -2.32. The van der Waals surface area contributed by atoms with Crippen molar-refractivity contribution in [3.05, 3.63) is 35.4 Å². The number of piperidine rings is 1. The first-order valence-electron chi connectivity index (χ1n) is 8.00. The summed E-state index contributed by atoms with van der Waals surface area (Å²) in [5.74, 6) is 0.0777. The third-order valence-corrected chi connectivity index (χ3v) is 3.95. The minimum Gasteiger partial charge on any atom is -0.338 e. The molecule has 1 aromatic carbocycles. The number of nitrogens with zero attached hydrogens (tertiary/aromatic N) is 1. The lowest BCUT2D eigenvalue weighted by Crippen LogP contribution is -2.49. The van der Waals surface area contributed by atoms with E-state index in [4.69, 9.17) is 0 Å². The van der Waals surface area contributed by atoms with Gasteiger partial charge in [0, 0.05) is 31.2 Å². The maximum atomic E-state index is 12.4. The topological polar surface area (TPSA) is 61.4 Å². The predicted octanol–water partition coefficient (Wildman–Crippen LogP) is 2.31. The average molecular weight is 303 g/mol. The van der Waals surface area contributed by atoms with Gasteiger partial charge in [0.2, 0.25) is 0 Å². The van der Waals surface area contributed by atoms with Crippen LogP contribution in [0.2, 0.25) is 0 Å². The molecule has 1 saturated heterocycles. The van der Waals surface area contributed by atoms with Gasteiger partial charge in [-0.1, -0.05) is 24.6 Å². The van der Waals surface area contributed by atoms with Gasteiger partial charge in [-0.15, -0.1) is 0 Å². The smallest absolute Gasteiger partial charge is 0.315 e. The quantitative estimate of drug-likeness (QED) is 0.896. The summed E-state index contributed by atoms with van der Waals surface area (Å²) in [6.45, 7) is 6.10. The number of aryl methyl sites for hydroxylation is 1. The first-order valence-corrected chi connectivity index (χ1v) is 8.00. The van der Waals surface area contributed by atoms with Crippen LogP contribution in [-0.2, 0) is 0 Å². The molecule has 2 rings (SSSR count). The summed E-state index contributed by atoms with van der Waals surface area (Å²) in [4.78, 5) is 25.9. The van der Waals surface area contributed by atoms with E-state index >= 15 is 0 Å². The molecule has 1 aliphatic rings.